The number of carbonyl (C=O) groups is 1. The fourth-order valence-corrected chi connectivity index (χ4v) is 4.91. The van der Waals surface area contributed by atoms with Crippen LogP contribution in [0.4, 0.5) is 0 Å². The second kappa shape index (κ2) is 5.78. The van der Waals surface area contributed by atoms with E-state index in [0.717, 1.165) is 37.9 Å². The Hall–Kier alpha value is -1.00. The molecule has 1 saturated heterocycles. The highest BCUT2D eigenvalue weighted by molar-refractivity contribution is 8.00. The van der Waals surface area contributed by atoms with Crippen LogP contribution in [-0.2, 0) is 4.79 Å². The second-order valence-corrected chi connectivity index (χ2v) is 7.33. The molecule has 0 bridgehead atoms. The Labute approximate surface area is 124 Å². The molecular weight excluding hydrogens is 270 g/mol. The molecule has 3 nitrogen and oxygen atoms in total. The number of rotatable bonds is 2. The summed E-state index contributed by atoms with van der Waals surface area (Å²) in [6.45, 7) is 0. The van der Waals surface area contributed by atoms with Crippen molar-refractivity contribution in [2.75, 3.05) is 5.75 Å². The van der Waals surface area contributed by atoms with E-state index in [2.05, 4.69) is 35.6 Å². The number of hydrogen-bond donors (Lipinski definition) is 2. The van der Waals surface area contributed by atoms with E-state index in [1.807, 2.05) is 11.8 Å². The first-order valence-corrected chi connectivity index (χ1v) is 8.36. The summed E-state index contributed by atoms with van der Waals surface area (Å²) in [6, 6.07) is 10.3. The Morgan fingerprint density at radius 1 is 1.20 bits per heavy atom. The summed E-state index contributed by atoms with van der Waals surface area (Å²) in [5, 5.41) is 12.6. The summed E-state index contributed by atoms with van der Waals surface area (Å²) in [5.41, 5.74) is 1.43. The van der Waals surface area contributed by atoms with Crippen LogP contribution < -0.4 is 5.32 Å². The van der Waals surface area contributed by atoms with Gasteiger partial charge < -0.3 is 5.11 Å². The molecular formula is C16H21NO2S. The summed E-state index contributed by atoms with van der Waals surface area (Å²) in [5.74, 6) is 0.893. The molecule has 1 atom stereocenters. The third-order valence-electron chi connectivity index (χ3n) is 4.58. The average molecular weight is 291 g/mol. The monoisotopic (exact) mass is 291 g/mol. The number of nitrogens with one attached hydrogen (secondary N) is 1. The third-order valence-corrected chi connectivity index (χ3v) is 6.10. The van der Waals surface area contributed by atoms with Crippen molar-refractivity contribution < 1.29 is 9.90 Å². The lowest BCUT2D eigenvalue weighted by atomic mass is 9.81. The van der Waals surface area contributed by atoms with E-state index in [9.17, 15) is 9.90 Å². The number of hydrogen-bond acceptors (Lipinski definition) is 3. The maximum Gasteiger partial charge on any atom is 0.320 e. The summed E-state index contributed by atoms with van der Waals surface area (Å²) in [4.78, 5) is 11.2. The van der Waals surface area contributed by atoms with Crippen LogP contribution in [0.15, 0.2) is 30.3 Å². The van der Waals surface area contributed by atoms with Crippen molar-refractivity contribution in [3.8, 4) is 0 Å². The zero-order chi connectivity index (χ0) is 14.0. The highest BCUT2D eigenvalue weighted by Crippen LogP contribution is 2.45. The van der Waals surface area contributed by atoms with Crippen molar-refractivity contribution in [3.05, 3.63) is 35.9 Å². The van der Waals surface area contributed by atoms with Crippen LogP contribution in [0.3, 0.4) is 0 Å². The van der Waals surface area contributed by atoms with Gasteiger partial charge in [0.1, 0.15) is 6.04 Å². The SMILES string of the molecule is O=C(O)C1CCSC2(CCC(c3ccccc3)CC2)N1. The molecule has 1 heterocycles. The van der Waals surface area contributed by atoms with E-state index >= 15 is 0 Å². The molecule has 1 spiro atoms. The van der Waals surface area contributed by atoms with Crippen LogP contribution in [0.25, 0.3) is 0 Å². The molecule has 1 aromatic rings. The van der Waals surface area contributed by atoms with Gasteiger partial charge in [0.05, 0.1) is 4.87 Å². The van der Waals surface area contributed by atoms with Crippen molar-refractivity contribution in [1.82, 2.24) is 5.32 Å². The number of benzene rings is 1. The molecule has 3 rings (SSSR count). The smallest absolute Gasteiger partial charge is 0.320 e. The van der Waals surface area contributed by atoms with Crippen molar-refractivity contribution in [2.45, 2.75) is 48.9 Å². The summed E-state index contributed by atoms with van der Waals surface area (Å²) >= 11 is 1.93. The van der Waals surface area contributed by atoms with E-state index in [4.69, 9.17) is 0 Å². The number of thioether (sulfide) groups is 1. The molecule has 2 aliphatic rings. The average Bonchev–Trinajstić information content (AvgIpc) is 2.49. The van der Waals surface area contributed by atoms with Gasteiger partial charge in [-0.25, -0.2) is 0 Å². The van der Waals surface area contributed by atoms with Crippen molar-refractivity contribution in [2.24, 2.45) is 0 Å². The number of carboxylic acid groups (broad SMARTS) is 1. The molecule has 2 fully saturated rings. The Morgan fingerprint density at radius 2 is 1.90 bits per heavy atom. The predicted molar refractivity (Wildman–Crippen MR) is 82.0 cm³/mol. The van der Waals surface area contributed by atoms with Crippen LogP contribution in [0.1, 0.15) is 43.6 Å². The van der Waals surface area contributed by atoms with E-state index in [1.165, 1.54) is 5.56 Å². The largest absolute Gasteiger partial charge is 0.480 e. The topological polar surface area (TPSA) is 49.3 Å². The van der Waals surface area contributed by atoms with Crippen LogP contribution in [0, 0.1) is 0 Å². The number of carboxylic acids is 1. The third kappa shape index (κ3) is 2.86. The molecule has 1 saturated carbocycles. The van der Waals surface area contributed by atoms with Gasteiger partial charge in [0.15, 0.2) is 0 Å². The Balaban J connectivity index is 1.64. The maximum absolute atomic E-state index is 11.2. The minimum absolute atomic E-state index is 0.00653. The molecule has 1 unspecified atom stereocenters. The first kappa shape index (κ1) is 14.0. The Bertz CT molecular complexity index is 469. The lowest BCUT2D eigenvalue weighted by Gasteiger charge is -2.45. The van der Waals surface area contributed by atoms with E-state index in [-0.39, 0.29) is 10.9 Å². The van der Waals surface area contributed by atoms with Gasteiger partial charge in [-0.2, -0.15) is 0 Å². The van der Waals surface area contributed by atoms with Crippen molar-refractivity contribution in [3.63, 3.8) is 0 Å². The minimum atomic E-state index is -0.699. The first-order valence-electron chi connectivity index (χ1n) is 7.38. The van der Waals surface area contributed by atoms with Gasteiger partial charge in [-0.05, 0) is 49.3 Å². The van der Waals surface area contributed by atoms with Gasteiger partial charge in [0, 0.05) is 0 Å². The lowest BCUT2D eigenvalue weighted by molar-refractivity contribution is -0.140. The van der Waals surface area contributed by atoms with Crippen LogP contribution >= 0.6 is 11.8 Å². The Morgan fingerprint density at radius 3 is 2.55 bits per heavy atom. The van der Waals surface area contributed by atoms with Gasteiger partial charge >= 0.3 is 5.97 Å². The molecule has 2 N–H and O–H groups in total. The van der Waals surface area contributed by atoms with Gasteiger partial charge in [-0.3, -0.25) is 10.1 Å². The summed E-state index contributed by atoms with van der Waals surface area (Å²) < 4.78 is 0. The van der Waals surface area contributed by atoms with E-state index < -0.39 is 5.97 Å². The van der Waals surface area contributed by atoms with Gasteiger partial charge in [0.25, 0.3) is 0 Å². The van der Waals surface area contributed by atoms with Crippen LogP contribution in [0.5, 0.6) is 0 Å². The molecule has 0 radical (unpaired) electrons. The lowest BCUT2D eigenvalue weighted by Crippen LogP contribution is -2.55. The summed E-state index contributed by atoms with van der Waals surface area (Å²) in [6.07, 6.45) is 5.18. The van der Waals surface area contributed by atoms with E-state index in [1.54, 1.807) is 0 Å². The fourth-order valence-electron chi connectivity index (χ4n) is 3.42. The first-order chi connectivity index (χ1) is 9.69. The highest BCUT2D eigenvalue weighted by Gasteiger charge is 2.41. The quantitative estimate of drug-likeness (QED) is 0.878. The van der Waals surface area contributed by atoms with Crippen LogP contribution in [0.2, 0.25) is 0 Å². The predicted octanol–water partition coefficient (Wildman–Crippen LogP) is 3.22. The molecule has 20 heavy (non-hydrogen) atoms. The van der Waals surface area contributed by atoms with Gasteiger partial charge in [0.2, 0.25) is 0 Å². The molecule has 4 heteroatoms. The van der Waals surface area contributed by atoms with Gasteiger partial charge in [-0.15, -0.1) is 11.8 Å². The molecule has 1 aliphatic heterocycles. The molecule has 0 aromatic heterocycles. The number of aliphatic carboxylic acids is 1. The minimum Gasteiger partial charge on any atom is -0.480 e. The summed E-state index contributed by atoms with van der Waals surface area (Å²) in [7, 11) is 0. The van der Waals surface area contributed by atoms with Crippen molar-refractivity contribution >= 4 is 17.7 Å². The maximum atomic E-state index is 11.2. The molecule has 0 amide bonds. The normalized spacial score (nSPS) is 34.0. The second-order valence-electron chi connectivity index (χ2n) is 5.85. The van der Waals surface area contributed by atoms with Crippen molar-refractivity contribution in [1.29, 1.82) is 0 Å². The zero-order valence-electron chi connectivity index (χ0n) is 11.5. The molecule has 108 valence electrons. The molecule has 1 aromatic carbocycles. The zero-order valence-corrected chi connectivity index (χ0v) is 12.4. The Kier molecular flexibility index (Phi) is 4.03. The van der Waals surface area contributed by atoms with Gasteiger partial charge in [-0.1, -0.05) is 30.3 Å². The highest BCUT2D eigenvalue weighted by atomic mass is 32.2. The van der Waals surface area contributed by atoms with Crippen LogP contribution in [-0.4, -0.2) is 27.7 Å². The molecule has 1 aliphatic carbocycles. The van der Waals surface area contributed by atoms with E-state index in [0.29, 0.717) is 5.92 Å². The standard InChI is InChI=1S/C16H21NO2S/c18-15(19)14-8-11-20-16(17-14)9-6-13(7-10-16)12-4-2-1-3-5-12/h1-5,13-14,17H,6-11H2,(H,18,19). The fraction of sp³-hybridized carbons (Fsp3) is 0.562.